The molecule has 0 aliphatic carbocycles. The van der Waals surface area contributed by atoms with Gasteiger partial charge in [-0.1, -0.05) is 0 Å². The van der Waals surface area contributed by atoms with Crippen LogP contribution >= 0.6 is 0 Å². The first kappa shape index (κ1) is 16.5. The zero-order chi connectivity index (χ0) is 17.3. The molecule has 1 aromatic rings. The lowest BCUT2D eigenvalue weighted by Gasteiger charge is -2.37. The second-order valence-corrected chi connectivity index (χ2v) is 6.83. The van der Waals surface area contributed by atoms with Gasteiger partial charge >= 0.3 is 0 Å². The van der Waals surface area contributed by atoms with Gasteiger partial charge in [0.15, 0.2) is 5.79 Å². The number of piperidine rings is 1. The number of amides is 2. The zero-order valence-corrected chi connectivity index (χ0v) is 14.3. The summed E-state index contributed by atoms with van der Waals surface area (Å²) in [5.74, 6) is -0.652. The van der Waals surface area contributed by atoms with Crippen LogP contribution in [-0.4, -0.2) is 71.8 Å². The van der Waals surface area contributed by atoms with E-state index in [2.05, 4.69) is 4.98 Å². The van der Waals surface area contributed by atoms with Crippen molar-refractivity contribution in [1.82, 2.24) is 14.8 Å². The van der Waals surface area contributed by atoms with Crippen LogP contribution in [0.4, 0.5) is 0 Å². The quantitative estimate of drug-likeness (QED) is 0.808. The summed E-state index contributed by atoms with van der Waals surface area (Å²) in [4.78, 5) is 33.1. The Labute approximate surface area is 146 Å². The van der Waals surface area contributed by atoms with Crippen LogP contribution in [0.1, 0.15) is 46.5 Å². The van der Waals surface area contributed by atoms with Crippen LogP contribution in [0.25, 0.3) is 0 Å². The molecule has 3 aliphatic heterocycles. The van der Waals surface area contributed by atoms with Gasteiger partial charge in [0.25, 0.3) is 11.8 Å². The first-order chi connectivity index (χ1) is 12.2. The molecular weight excluding hydrogens is 322 g/mol. The van der Waals surface area contributed by atoms with Crippen molar-refractivity contribution >= 4 is 11.8 Å². The molecule has 2 amide bonds. The summed E-state index contributed by atoms with van der Waals surface area (Å²) in [6, 6.07) is 3.30. The monoisotopic (exact) mass is 345 g/mol. The molecule has 3 fully saturated rings. The molecule has 0 N–H and O–H groups in total. The third-order valence-electron chi connectivity index (χ3n) is 5.25. The van der Waals surface area contributed by atoms with Crippen molar-refractivity contribution in [2.24, 2.45) is 0 Å². The number of ether oxygens (including phenoxy) is 2. The van der Waals surface area contributed by atoms with E-state index >= 15 is 0 Å². The van der Waals surface area contributed by atoms with Gasteiger partial charge in [-0.3, -0.25) is 14.6 Å². The van der Waals surface area contributed by atoms with Gasteiger partial charge in [-0.25, -0.2) is 0 Å². The number of pyridine rings is 1. The Balaban J connectivity index is 1.43. The molecule has 0 radical (unpaired) electrons. The Morgan fingerprint density at radius 3 is 2.28 bits per heavy atom. The van der Waals surface area contributed by atoms with E-state index in [-0.39, 0.29) is 11.8 Å². The highest BCUT2D eigenvalue weighted by atomic mass is 16.7. The number of rotatable bonds is 2. The van der Waals surface area contributed by atoms with Gasteiger partial charge < -0.3 is 19.3 Å². The van der Waals surface area contributed by atoms with Gasteiger partial charge in [-0.15, -0.1) is 0 Å². The summed E-state index contributed by atoms with van der Waals surface area (Å²) < 4.78 is 11.4. The molecule has 0 saturated carbocycles. The van der Waals surface area contributed by atoms with Gasteiger partial charge in [0.1, 0.15) is 5.69 Å². The van der Waals surface area contributed by atoms with E-state index in [1.54, 1.807) is 23.2 Å². The standard InChI is InChI=1S/C18H23N3O4/c22-16(20-7-1-2-8-20)14-3-6-19-15(13-14)17(23)21-9-4-18(5-10-21)24-11-12-25-18/h3,6,13H,1-2,4-5,7-12H2. The SMILES string of the molecule is O=C(c1ccnc(C(=O)N2CCC3(CC2)OCCO3)c1)N1CCCC1. The van der Waals surface area contributed by atoms with Crippen LogP contribution < -0.4 is 0 Å². The van der Waals surface area contributed by atoms with Crippen molar-refractivity contribution in [3.63, 3.8) is 0 Å². The minimum absolute atomic E-state index is 0.0145. The van der Waals surface area contributed by atoms with Gasteiger partial charge in [-0.2, -0.15) is 0 Å². The number of carbonyl (C=O) groups excluding carboxylic acids is 2. The molecule has 0 atom stereocenters. The highest BCUT2D eigenvalue weighted by molar-refractivity contribution is 5.98. The van der Waals surface area contributed by atoms with Crippen LogP contribution in [0.3, 0.4) is 0 Å². The van der Waals surface area contributed by atoms with Gasteiger partial charge in [-0.05, 0) is 25.0 Å². The molecule has 1 aromatic heterocycles. The zero-order valence-electron chi connectivity index (χ0n) is 14.3. The number of aromatic nitrogens is 1. The predicted molar refractivity (Wildman–Crippen MR) is 89.1 cm³/mol. The van der Waals surface area contributed by atoms with E-state index in [0.717, 1.165) is 25.9 Å². The number of hydrogen-bond acceptors (Lipinski definition) is 5. The molecule has 25 heavy (non-hydrogen) atoms. The van der Waals surface area contributed by atoms with Crippen molar-refractivity contribution in [3.05, 3.63) is 29.6 Å². The van der Waals surface area contributed by atoms with Crippen LogP contribution in [0.2, 0.25) is 0 Å². The first-order valence-corrected chi connectivity index (χ1v) is 8.99. The molecule has 7 heteroatoms. The minimum Gasteiger partial charge on any atom is -0.347 e. The maximum atomic E-state index is 12.8. The maximum absolute atomic E-state index is 12.8. The Bertz CT molecular complexity index is 656. The molecule has 4 heterocycles. The molecule has 1 spiro atoms. The van der Waals surface area contributed by atoms with Crippen molar-refractivity contribution in [1.29, 1.82) is 0 Å². The molecule has 4 rings (SSSR count). The third kappa shape index (κ3) is 3.26. The van der Waals surface area contributed by atoms with Gasteiger partial charge in [0.2, 0.25) is 0 Å². The molecule has 0 bridgehead atoms. The van der Waals surface area contributed by atoms with E-state index < -0.39 is 5.79 Å². The van der Waals surface area contributed by atoms with Crippen molar-refractivity contribution < 1.29 is 19.1 Å². The summed E-state index contributed by atoms with van der Waals surface area (Å²) in [5.41, 5.74) is 0.866. The lowest BCUT2D eigenvalue weighted by atomic mass is 10.0. The second-order valence-electron chi connectivity index (χ2n) is 6.83. The van der Waals surface area contributed by atoms with Crippen LogP contribution in [0.5, 0.6) is 0 Å². The molecule has 134 valence electrons. The molecule has 3 saturated heterocycles. The lowest BCUT2D eigenvalue weighted by molar-refractivity contribution is -0.181. The Kier molecular flexibility index (Phi) is 4.43. The van der Waals surface area contributed by atoms with E-state index in [1.807, 2.05) is 4.90 Å². The normalized spacial score (nSPS) is 22.6. The number of likely N-dealkylation sites (tertiary alicyclic amines) is 2. The predicted octanol–water partition coefficient (Wildman–Crippen LogP) is 1.30. The third-order valence-corrected chi connectivity index (χ3v) is 5.25. The number of hydrogen-bond donors (Lipinski definition) is 0. The average Bonchev–Trinajstić information content (AvgIpc) is 3.34. The fraction of sp³-hybridized carbons (Fsp3) is 0.611. The Hall–Kier alpha value is -1.99. The summed E-state index contributed by atoms with van der Waals surface area (Å²) in [5, 5.41) is 0. The fourth-order valence-corrected chi connectivity index (χ4v) is 3.78. The van der Waals surface area contributed by atoms with Gasteiger partial charge in [0, 0.05) is 50.8 Å². The topological polar surface area (TPSA) is 72.0 Å². The van der Waals surface area contributed by atoms with E-state index in [0.29, 0.717) is 50.4 Å². The van der Waals surface area contributed by atoms with Gasteiger partial charge in [0.05, 0.1) is 13.2 Å². The van der Waals surface area contributed by atoms with Crippen molar-refractivity contribution in [3.8, 4) is 0 Å². The maximum Gasteiger partial charge on any atom is 0.272 e. The first-order valence-electron chi connectivity index (χ1n) is 8.99. The molecule has 3 aliphatic rings. The molecule has 0 unspecified atom stereocenters. The van der Waals surface area contributed by atoms with Crippen LogP contribution in [0.15, 0.2) is 18.3 Å². The summed E-state index contributed by atoms with van der Waals surface area (Å²) >= 11 is 0. The molecule has 0 aromatic carbocycles. The highest BCUT2D eigenvalue weighted by Crippen LogP contribution is 2.31. The van der Waals surface area contributed by atoms with E-state index in [4.69, 9.17) is 9.47 Å². The molecular formula is C18H23N3O4. The smallest absolute Gasteiger partial charge is 0.272 e. The van der Waals surface area contributed by atoms with Crippen molar-refractivity contribution in [2.75, 3.05) is 39.4 Å². The fourth-order valence-electron chi connectivity index (χ4n) is 3.78. The Morgan fingerprint density at radius 1 is 0.960 bits per heavy atom. The largest absolute Gasteiger partial charge is 0.347 e. The van der Waals surface area contributed by atoms with Crippen LogP contribution in [0, 0.1) is 0 Å². The van der Waals surface area contributed by atoms with Crippen molar-refractivity contribution in [2.45, 2.75) is 31.5 Å². The average molecular weight is 345 g/mol. The summed E-state index contributed by atoms with van der Waals surface area (Å²) in [6.45, 7) is 3.97. The van der Waals surface area contributed by atoms with E-state index in [1.165, 1.54) is 0 Å². The lowest BCUT2D eigenvalue weighted by Crippen LogP contribution is -2.47. The molecule has 7 nitrogen and oxygen atoms in total. The Morgan fingerprint density at radius 2 is 1.60 bits per heavy atom. The second kappa shape index (κ2) is 6.72. The number of carbonyl (C=O) groups is 2. The number of nitrogens with zero attached hydrogens (tertiary/aromatic N) is 3. The summed E-state index contributed by atoms with van der Waals surface area (Å²) in [7, 11) is 0. The van der Waals surface area contributed by atoms with E-state index in [9.17, 15) is 9.59 Å². The summed E-state index contributed by atoms with van der Waals surface area (Å²) in [6.07, 6.45) is 4.98. The minimum atomic E-state index is -0.502. The van der Waals surface area contributed by atoms with Crippen LogP contribution in [-0.2, 0) is 9.47 Å². The highest BCUT2D eigenvalue weighted by Gasteiger charge is 2.41.